The van der Waals surface area contributed by atoms with Crippen LogP contribution in [0.4, 0.5) is 4.79 Å². The fourth-order valence-electron chi connectivity index (χ4n) is 2.88. The van der Waals surface area contributed by atoms with Gasteiger partial charge in [0.05, 0.1) is 0 Å². The molecule has 106 valence electrons. The van der Waals surface area contributed by atoms with Gasteiger partial charge in [-0.1, -0.05) is 12.2 Å². The Kier molecular flexibility index (Phi) is 3.56. The fraction of sp³-hybridized carbons (Fsp3) is 0.714. The van der Waals surface area contributed by atoms with Crippen LogP contribution in [-0.4, -0.2) is 39.8 Å². The molecule has 1 aliphatic heterocycles. The SMILES string of the molecule is CC(C)(C)OC(=O)N1[C@@H]2CC=CC[C@H]2C[C@H]1C(=O)O. The Morgan fingerprint density at radius 3 is 2.47 bits per heavy atom. The summed E-state index contributed by atoms with van der Waals surface area (Å²) in [4.78, 5) is 25.0. The minimum absolute atomic E-state index is 0.0408. The maximum absolute atomic E-state index is 12.2. The van der Waals surface area contributed by atoms with E-state index in [-0.39, 0.29) is 12.0 Å². The van der Waals surface area contributed by atoms with Crippen LogP contribution in [0.25, 0.3) is 0 Å². The van der Waals surface area contributed by atoms with E-state index in [1.54, 1.807) is 20.8 Å². The highest BCUT2D eigenvalue weighted by atomic mass is 16.6. The molecule has 3 atom stereocenters. The maximum Gasteiger partial charge on any atom is 0.411 e. The summed E-state index contributed by atoms with van der Waals surface area (Å²) in [5.41, 5.74) is -0.608. The van der Waals surface area contributed by atoms with Crippen molar-refractivity contribution in [2.75, 3.05) is 0 Å². The zero-order valence-electron chi connectivity index (χ0n) is 11.6. The predicted octanol–water partition coefficient (Wildman–Crippen LogP) is 2.42. The third-order valence-corrected chi connectivity index (χ3v) is 3.64. The van der Waals surface area contributed by atoms with Gasteiger partial charge in [-0.3, -0.25) is 4.90 Å². The summed E-state index contributed by atoms with van der Waals surface area (Å²) in [6.45, 7) is 5.36. The van der Waals surface area contributed by atoms with Crippen molar-refractivity contribution in [3.05, 3.63) is 12.2 Å². The molecule has 0 aromatic rings. The number of amides is 1. The fourth-order valence-corrected chi connectivity index (χ4v) is 2.88. The van der Waals surface area contributed by atoms with E-state index in [2.05, 4.69) is 6.08 Å². The number of aliphatic carboxylic acids is 1. The molecule has 2 rings (SSSR count). The summed E-state index contributed by atoms with van der Waals surface area (Å²) in [5, 5.41) is 9.31. The van der Waals surface area contributed by atoms with E-state index in [1.165, 1.54) is 4.90 Å². The van der Waals surface area contributed by atoms with E-state index in [0.717, 1.165) is 6.42 Å². The minimum Gasteiger partial charge on any atom is -0.480 e. The third kappa shape index (κ3) is 2.91. The summed E-state index contributed by atoms with van der Waals surface area (Å²) >= 11 is 0. The number of ether oxygens (including phenoxy) is 1. The van der Waals surface area contributed by atoms with Crippen molar-refractivity contribution < 1.29 is 19.4 Å². The average Bonchev–Trinajstić information content (AvgIpc) is 2.65. The van der Waals surface area contributed by atoms with E-state index in [0.29, 0.717) is 12.8 Å². The number of allylic oxidation sites excluding steroid dienone is 1. The molecule has 0 spiro atoms. The molecule has 0 bridgehead atoms. The summed E-state index contributed by atoms with van der Waals surface area (Å²) in [6, 6.07) is -0.800. The van der Waals surface area contributed by atoms with Gasteiger partial charge in [0.1, 0.15) is 11.6 Å². The molecule has 5 nitrogen and oxygen atoms in total. The first-order chi connectivity index (χ1) is 8.79. The molecule has 1 heterocycles. The van der Waals surface area contributed by atoms with Gasteiger partial charge in [0.2, 0.25) is 0 Å². The number of hydrogen-bond donors (Lipinski definition) is 1. The third-order valence-electron chi connectivity index (χ3n) is 3.64. The molecule has 0 saturated carbocycles. The molecule has 1 saturated heterocycles. The number of fused-ring (bicyclic) bond motifs is 1. The molecule has 0 radical (unpaired) electrons. The van der Waals surface area contributed by atoms with Gasteiger partial charge in [0.15, 0.2) is 0 Å². The van der Waals surface area contributed by atoms with Crippen LogP contribution in [0, 0.1) is 5.92 Å². The Morgan fingerprint density at radius 1 is 1.26 bits per heavy atom. The summed E-state index contributed by atoms with van der Waals surface area (Å²) in [7, 11) is 0. The van der Waals surface area contributed by atoms with E-state index in [1.807, 2.05) is 6.08 Å². The summed E-state index contributed by atoms with van der Waals surface area (Å²) in [5.74, 6) is -0.709. The topological polar surface area (TPSA) is 66.8 Å². The molecule has 1 fully saturated rings. The lowest BCUT2D eigenvalue weighted by atomic mass is 9.89. The van der Waals surface area contributed by atoms with Crippen LogP contribution in [0.15, 0.2) is 12.2 Å². The number of carbonyl (C=O) groups is 2. The van der Waals surface area contributed by atoms with E-state index in [4.69, 9.17) is 4.74 Å². The molecule has 5 heteroatoms. The van der Waals surface area contributed by atoms with Crippen LogP contribution in [0.3, 0.4) is 0 Å². The minimum atomic E-state index is -0.944. The van der Waals surface area contributed by atoms with Crippen molar-refractivity contribution in [3.63, 3.8) is 0 Å². The Hall–Kier alpha value is -1.52. The molecule has 1 aliphatic carbocycles. The van der Waals surface area contributed by atoms with Crippen molar-refractivity contribution in [2.24, 2.45) is 5.92 Å². The Balaban J connectivity index is 2.20. The lowest BCUT2D eigenvalue weighted by molar-refractivity contribution is -0.142. The smallest absolute Gasteiger partial charge is 0.411 e. The first-order valence-corrected chi connectivity index (χ1v) is 6.68. The lowest BCUT2D eigenvalue weighted by Crippen LogP contribution is -2.47. The van der Waals surface area contributed by atoms with Gasteiger partial charge in [-0.15, -0.1) is 0 Å². The second-order valence-electron chi connectivity index (χ2n) is 6.25. The average molecular weight is 267 g/mol. The van der Waals surface area contributed by atoms with Crippen LogP contribution >= 0.6 is 0 Å². The largest absolute Gasteiger partial charge is 0.480 e. The maximum atomic E-state index is 12.2. The highest BCUT2D eigenvalue weighted by Gasteiger charge is 2.48. The number of hydrogen-bond acceptors (Lipinski definition) is 3. The molecule has 19 heavy (non-hydrogen) atoms. The summed E-state index contributed by atoms with van der Waals surface area (Å²) < 4.78 is 5.35. The van der Waals surface area contributed by atoms with Gasteiger partial charge in [0, 0.05) is 6.04 Å². The Labute approximate surface area is 113 Å². The number of carboxylic acids is 1. The Morgan fingerprint density at radius 2 is 1.89 bits per heavy atom. The molecule has 0 aromatic carbocycles. The van der Waals surface area contributed by atoms with Crippen LogP contribution in [0.5, 0.6) is 0 Å². The van der Waals surface area contributed by atoms with Crippen LogP contribution < -0.4 is 0 Å². The van der Waals surface area contributed by atoms with E-state index in [9.17, 15) is 14.7 Å². The molecule has 0 unspecified atom stereocenters. The first-order valence-electron chi connectivity index (χ1n) is 6.68. The lowest BCUT2D eigenvalue weighted by Gasteiger charge is -2.32. The van der Waals surface area contributed by atoms with Gasteiger partial charge >= 0.3 is 12.1 Å². The van der Waals surface area contributed by atoms with Gasteiger partial charge in [0.25, 0.3) is 0 Å². The monoisotopic (exact) mass is 267 g/mol. The molecular weight excluding hydrogens is 246 g/mol. The van der Waals surface area contributed by atoms with Crippen LogP contribution in [0.2, 0.25) is 0 Å². The second-order valence-corrected chi connectivity index (χ2v) is 6.25. The molecular formula is C14H21NO4. The number of carboxylic acid groups (broad SMARTS) is 1. The van der Waals surface area contributed by atoms with Crippen molar-refractivity contribution >= 4 is 12.1 Å². The van der Waals surface area contributed by atoms with Crippen molar-refractivity contribution in [1.29, 1.82) is 0 Å². The Bertz CT molecular complexity index is 410. The predicted molar refractivity (Wildman–Crippen MR) is 69.8 cm³/mol. The molecule has 1 amide bonds. The van der Waals surface area contributed by atoms with Gasteiger partial charge in [-0.05, 0) is 46.0 Å². The molecule has 1 N–H and O–H groups in total. The van der Waals surface area contributed by atoms with Crippen LogP contribution in [0.1, 0.15) is 40.0 Å². The number of carbonyl (C=O) groups excluding carboxylic acids is 1. The normalized spacial score (nSPS) is 30.1. The van der Waals surface area contributed by atoms with E-state index < -0.39 is 23.7 Å². The molecule has 0 aromatic heterocycles. The number of rotatable bonds is 1. The van der Waals surface area contributed by atoms with E-state index >= 15 is 0 Å². The van der Waals surface area contributed by atoms with Gasteiger partial charge in [-0.2, -0.15) is 0 Å². The summed E-state index contributed by atoms with van der Waals surface area (Å²) in [6.07, 6.45) is 5.65. The van der Waals surface area contributed by atoms with Crippen molar-refractivity contribution in [1.82, 2.24) is 4.90 Å². The highest BCUT2D eigenvalue weighted by Crippen LogP contribution is 2.38. The van der Waals surface area contributed by atoms with Gasteiger partial charge < -0.3 is 9.84 Å². The number of likely N-dealkylation sites (tertiary alicyclic amines) is 1. The van der Waals surface area contributed by atoms with Crippen LogP contribution in [-0.2, 0) is 9.53 Å². The van der Waals surface area contributed by atoms with Crippen molar-refractivity contribution in [2.45, 2.75) is 57.7 Å². The number of nitrogens with zero attached hydrogens (tertiary/aromatic N) is 1. The quantitative estimate of drug-likeness (QED) is 0.741. The van der Waals surface area contributed by atoms with Crippen molar-refractivity contribution in [3.8, 4) is 0 Å². The zero-order valence-corrected chi connectivity index (χ0v) is 11.6. The highest BCUT2D eigenvalue weighted by molar-refractivity contribution is 5.81. The molecule has 2 aliphatic rings. The van der Waals surface area contributed by atoms with Gasteiger partial charge in [-0.25, -0.2) is 9.59 Å². The zero-order chi connectivity index (χ0) is 14.2. The standard InChI is InChI=1S/C14H21NO4/c1-14(2,3)19-13(18)15-10-7-5-4-6-9(10)8-11(15)12(16)17/h4-5,9-11H,6-8H2,1-3H3,(H,16,17)/t9-,10+,11-/m0/s1. The second kappa shape index (κ2) is 4.87. The first kappa shape index (κ1) is 13.9.